The molecule has 0 spiro atoms. The number of likely N-dealkylation sites (N-methyl/N-ethyl adjacent to an activating group) is 1. The first kappa shape index (κ1) is 21.5. The molecule has 0 saturated carbocycles. The van der Waals surface area contributed by atoms with Gasteiger partial charge in [-0.3, -0.25) is 0 Å². The molecule has 4 nitrogen and oxygen atoms in total. The largest absolute Gasteiger partial charge is 0.444 e. The van der Waals surface area contributed by atoms with Crippen LogP contribution in [-0.2, 0) is 11.2 Å². The van der Waals surface area contributed by atoms with Crippen molar-refractivity contribution in [1.82, 2.24) is 9.88 Å². The maximum absolute atomic E-state index is 13.9. The molecule has 0 radical (unpaired) electrons. The summed E-state index contributed by atoms with van der Waals surface area (Å²) in [5.74, 6) is -0.304. The van der Waals surface area contributed by atoms with E-state index in [0.717, 1.165) is 26.3 Å². The topological polar surface area (TPSA) is 45.3 Å². The van der Waals surface area contributed by atoms with Crippen molar-refractivity contribution in [2.24, 2.45) is 0 Å². The van der Waals surface area contributed by atoms with Gasteiger partial charge in [-0.25, -0.2) is 9.18 Å². The quantitative estimate of drug-likeness (QED) is 0.497. The van der Waals surface area contributed by atoms with E-state index in [1.807, 2.05) is 45.2 Å². The third-order valence-corrected chi connectivity index (χ3v) is 5.76. The minimum Gasteiger partial charge on any atom is -0.444 e. The lowest BCUT2D eigenvalue weighted by Gasteiger charge is -2.24. The van der Waals surface area contributed by atoms with Crippen molar-refractivity contribution in [3.8, 4) is 0 Å². The molecule has 0 bridgehead atoms. The molecule has 1 aromatic heterocycles. The van der Waals surface area contributed by atoms with E-state index in [0.29, 0.717) is 18.0 Å². The normalized spacial score (nSPS) is 11.7. The van der Waals surface area contributed by atoms with Crippen molar-refractivity contribution in [2.75, 3.05) is 13.6 Å². The summed E-state index contributed by atoms with van der Waals surface area (Å²) in [6.07, 6.45) is 2.01. The van der Waals surface area contributed by atoms with Crippen molar-refractivity contribution in [2.45, 2.75) is 42.6 Å². The van der Waals surface area contributed by atoms with Gasteiger partial charge < -0.3 is 14.6 Å². The van der Waals surface area contributed by atoms with Crippen LogP contribution in [0.3, 0.4) is 0 Å². The number of amides is 1. The fourth-order valence-corrected chi connectivity index (χ4v) is 4.31. The molecule has 1 amide bonds. The van der Waals surface area contributed by atoms with Crippen LogP contribution in [0.1, 0.15) is 26.3 Å². The van der Waals surface area contributed by atoms with Crippen LogP contribution >= 0.6 is 23.4 Å². The molecule has 3 aromatic rings. The number of aromatic nitrogens is 1. The van der Waals surface area contributed by atoms with Gasteiger partial charge in [0, 0.05) is 40.5 Å². The smallest absolute Gasteiger partial charge is 0.410 e. The van der Waals surface area contributed by atoms with E-state index in [1.165, 1.54) is 28.8 Å². The summed E-state index contributed by atoms with van der Waals surface area (Å²) < 4.78 is 19.3. The monoisotopic (exact) mass is 434 g/mol. The lowest BCUT2D eigenvalue weighted by Crippen LogP contribution is -2.35. The first-order valence-corrected chi connectivity index (χ1v) is 10.5. The predicted molar refractivity (Wildman–Crippen MR) is 116 cm³/mol. The van der Waals surface area contributed by atoms with Gasteiger partial charge in [0.15, 0.2) is 0 Å². The average molecular weight is 435 g/mol. The fourth-order valence-electron chi connectivity index (χ4n) is 2.87. The fraction of sp³-hybridized carbons (Fsp3) is 0.318. The minimum absolute atomic E-state index is 0.304. The number of rotatable bonds is 5. The number of fused-ring (bicyclic) bond motifs is 1. The van der Waals surface area contributed by atoms with Gasteiger partial charge in [-0.2, -0.15) is 0 Å². The zero-order valence-electron chi connectivity index (χ0n) is 16.9. The van der Waals surface area contributed by atoms with E-state index in [2.05, 4.69) is 4.98 Å². The summed E-state index contributed by atoms with van der Waals surface area (Å²) in [7, 11) is 1.68. The van der Waals surface area contributed by atoms with E-state index in [-0.39, 0.29) is 5.82 Å². The van der Waals surface area contributed by atoms with Crippen molar-refractivity contribution < 1.29 is 13.9 Å². The number of nitrogens with one attached hydrogen (secondary N) is 1. The van der Waals surface area contributed by atoms with Crippen LogP contribution in [0.25, 0.3) is 10.9 Å². The number of benzene rings is 2. The first-order chi connectivity index (χ1) is 13.6. The second-order valence-electron chi connectivity index (χ2n) is 7.82. The van der Waals surface area contributed by atoms with Gasteiger partial charge in [0.2, 0.25) is 0 Å². The van der Waals surface area contributed by atoms with Crippen LogP contribution < -0.4 is 0 Å². The Morgan fingerprint density at radius 2 is 2.00 bits per heavy atom. The molecule has 0 atom stereocenters. The third-order valence-electron chi connectivity index (χ3n) is 4.28. The molecule has 2 aromatic carbocycles. The zero-order chi connectivity index (χ0) is 21.2. The Hall–Kier alpha value is -2.18. The van der Waals surface area contributed by atoms with Crippen LogP contribution in [0.2, 0.25) is 5.02 Å². The molecule has 29 heavy (non-hydrogen) atoms. The molecule has 0 aliphatic carbocycles. The van der Waals surface area contributed by atoms with Crippen LogP contribution in [0.5, 0.6) is 0 Å². The lowest BCUT2D eigenvalue weighted by atomic mass is 10.1. The summed E-state index contributed by atoms with van der Waals surface area (Å²) in [6, 6.07) is 10.4. The summed E-state index contributed by atoms with van der Waals surface area (Å²) in [5.41, 5.74) is 1.22. The van der Waals surface area contributed by atoms with Crippen LogP contribution in [0.4, 0.5) is 9.18 Å². The van der Waals surface area contributed by atoms with Crippen LogP contribution in [-0.4, -0.2) is 35.2 Å². The number of H-pyrrole nitrogens is 1. The Labute approximate surface area is 179 Å². The molecule has 0 unspecified atom stereocenters. The number of nitrogens with zero attached hydrogens (tertiary/aromatic N) is 1. The summed E-state index contributed by atoms with van der Waals surface area (Å²) in [5, 5.41) is 1.61. The molecule has 1 N–H and O–H groups in total. The Bertz CT molecular complexity index is 1030. The van der Waals surface area contributed by atoms with Crippen LogP contribution in [0.15, 0.2) is 52.4 Å². The van der Waals surface area contributed by atoms with Crippen molar-refractivity contribution in [1.29, 1.82) is 0 Å². The molecular formula is C22H24ClFN2O2S. The highest BCUT2D eigenvalue weighted by Gasteiger charge is 2.20. The molecule has 0 saturated heterocycles. The molecule has 7 heteroatoms. The highest BCUT2D eigenvalue weighted by Crippen LogP contribution is 2.38. The van der Waals surface area contributed by atoms with E-state index >= 15 is 0 Å². The molecule has 0 aliphatic rings. The number of carbonyl (C=O) groups excluding carboxylic acids is 1. The van der Waals surface area contributed by atoms with Crippen molar-refractivity contribution in [3.63, 3.8) is 0 Å². The van der Waals surface area contributed by atoms with E-state index in [4.69, 9.17) is 16.3 Å². The second kappa shape index (κ2) is 8.67. The second-order valence-corrected chi connectivity index (χ2v) is 9.31. The van der Waals surface area contributed by atoms with Crippen molar-refractivity contribution in [3.05, 3.63) is 59.0 Å². The number of halogens is 2. The molecule has 0 aliphatic heterocycles. The lowest BCUT2D eigenvalue weighted by molar-refractivity contribution is 0.0300. The molecule has 3 rings (SSSR count). The molecular weight excluding hydrogens is 411 g/mol. The summed E-state index contributed by atoms with van der Waals surface area (Å²) in [4.78, 5) is 18.8. The van der Waals surface area contributed by atoms with Gasteiger partial charge in [0.05, 0.1) is 5.02 Å². The Morgan fingerprint density at radius 3 is 2.72 bits per heavy atom. The number of aromatic amines is 1. The number of hydrogen-bond donors (Lipinski definition) is 1. The van der Waals surface area contributed by atoms with Crippen LogP contribution in [0, 0.1) is 5.82 Å². The van der Waals surface area contributed by atoms with E-state index in [9.17, 15) is 9.18 Å². The van der Waals surface area contributed by atoms with Gasteiger partial charge in [-0.15, -0.1) is 0 Å². The van der Waals surface area contributed by atoms with E-state index in [1.54, 1.807) is 13.1 Å². The SMILES string of the molecule is CN(CCc1cc(F)ccc1Sc1c[nH]c2cccc(Cl)c12)C(=O)OC(C)(C)C. The van der Waals surface area contributed by atoms with Gasteiger partial charge in [-0.05, 0) is 63.1 Å². The maximum Gasteiger partial charge on any atom is 0.410 e. The molecule has 1 heterocycles. The van der Waals surface area contributed by atoms with Crippen molar-refractivity contribution >= 4 is 40.4 Å². The predicted octanol–water partition coefficient (Wildman–Crippen LogP) is 6.52. The standard InChI is InChI=1S/C22H24ClFN2O2S/c1-22(2,3)28-21(27)26(4)11-10-14-12-15(24)8-9-18(14)29-19-13-25-17-7-5-6-16(23)20(17)19/h5-9,12-13,25H,10-11H2,1-4H3. The molecule has 154 valence electrons. The number of ether oxygens (including phenoxy) is 1. The minimum atomic E-state index is -0.556. The van der Waals surface area contributed by atoms with Gasteiger partial charge in [-0.1, -0.05) is 29.4 Å². The zero-order valence-corrected chi connectivity index (χ0v) is 18.5. The van der Waals surface area contributed by atoms with Gasteiger partial charge in [0.1, 0.15) is 11.4 Å². The van der Waals surface area contributed by atoms with Gasteiger partial charge >= 0.3 is 6.09 Å². The Morgan fingerprint density at radius 1 is 1.24 bits per heavy atom. The average Bonchev–Trinajstić information content (AvgIpc) is 3.04. The summed E-state index contributed by atoms with van der Waals surface area (Å²) >= 11 is 7.90. The first-order valence-electron chi connectivity index (χ1n) is 9.30. The van der Waals surface area contributed by atoms with E-state index < -0.39 is 11.7 Å². The maximum atomic E-state index is 13.9. The Kier molecular flexibility index (Phi) is 6.44. The Balaban J connectivity index is 1.78. The number of hydrogen-bond acceptors (Lipinski definition) is 3. The highest BCUT2D eigenvalue weighted by molar-refractivity contribution is 7.99. The summed E-state index contributed by atoms with van der Waals surface area (Å²) in [6.45, 7) is 5.89. The highest BCUT2D eigenvalue weighted by atomic mass is 35.5. The third kappa shape index (κ3) is 5.46. The molecule has 0 fully saturated rings. The number of carbonyl (C=O) groups is 1. The van der Waals surface area contributed by atoms with Gasteiger partial charge in [0.25, 0.3) is 0 Å².